The van der Waals surface area contributed by atoms with Crippen LogP contribution in [-0.4, -0.2) is 42.9 Å². The molecule has 4 nitrogen and oxygen atoms in total. The van der Waals surface area contributed by atoms with Crippen molar-refractivity contribution in [3.05, 3.63) is 29.8 Å². The number of nitrogens with two attached hydrogens (primary N) is 1. The maximum Gasteiger partial charge on any atom is 0.243 e. The van der Waals surface area contributed by atoms with Crippen molar-refractivity contribution in [3.63, 3.8) is 0 Å². The van der Waals surface area contributed by atoms with Gasteiger partial charge in [-0.3, -0.25) is 0 Å². The fourth-order valence-electron chi connectivity index (χ4n) is 2.47. The third kappa shape index (κ3) is 3.55. The summed E-state index contributed by atoms with van der Waals surface area (Å²) in [5, 5.41) is 0.676. The molecular formula is C14H22N2O2S2. The lowest BCUT2D eigenvalue weighted by atomic mass is 10.2. The molecule has 0 bridgehead atoms. The first-order valence-electron chi connectivity index (χ1n) is 6.88. The summed E-state index contributed by atoms with van der Waals surface area (Å²) >= 11 is 1.85. The van der Waals surface area contributed by atoms with Gasteiger partial charge in [-0.1, -0.05) is 26.0 Å². The van der Waals surface area contributed by atoms with Crippen LogP contribution in [0, 0.1) is 0 Å². The predicted octanol–water partition coefficient (Wildman–Crippen LogP) is 1.70. The van der Waals surface area contributed by atoms with Crippen molar-refractivity contribution in [2.75, 3.05) is 19.6 Å². The molecule has 2 rings (SSSR count). The van der Waals surface area contributed by atoms with E-state index < -0.39 is 10.0 Å². The molecule has 0 spiro atoms. The molecule has 0 radical (unpaired) electrons. The number of sulfonamides is 1. The van der Waals surface area contributed by atoms with E-state index in [4.69, 9.17) is 5.73 Å². The van der Waals surface area contributed by atoms with Crippen molar-refractivity contribution >= 4 is 21.8 Å². The summed E-state index contributed by atoms with van der Waals surface area (Å²) in [5.74, 6) is 0. The highest BCUT2D eigenvalue weighted by Crippen LogP contribution is 2.28. The predicted molar refractivity (Wildman–Crippen MR) is 84.5 cm³/mol. The van der Waals surface area contributed by atoms with Gasteiger partial charge in [-0.2, -0.15) is 16.1 Å². The first kappa shape index (κ1) is 15.8. The van der Waals surface area contributed by atoms with E-state index >= 15 is 0 Å². The SMILES string of the molecule is CC1CN(S(=O)(=O)c2ccc(CCN)cc2)CC(C)S1. The van der Waals surface area contributed by atoms with Crippen molar-refractivity contribution < 1.29 is 8.42 Å². The van der Waals surface area contributed by atoms with E-state index in [1.165, 1.54) is 0 Å². The summed E-state index contributed by atoms with van der Waals surface area (Å²) in [5.41, 5.74) is 6.57. The van der Waals surface area contributed by atoms with Gasteiger partial charge >= 0.3 is 0 Å². The van der Waals surface area contributed by atoms with E-state index in [0.29, 0.717) is 35.0 Å². The zero-order valence-electron chi connectivity index (χ0n) is 12.0. The Morgan fingerprint density at radius 1 is 1.20 bits per heavy atom. The van der Waals surface area contributed by atoms with Gasteiger partial charge in [-0.05, 0) is 30.7 Å². The van der Waals surface area contributed by atoms with E-state index in [2.05, 4.69) is 13.8 Å². The first-order valence-corrected chi connectivity index (χ1v) is 9.26. The average Bonchev–Trinajstić information content (AvgIpc) is 2.38. The van der Waals surface area contributed by atoms with Gasteiger partial charge in [0, 0.05) is 23.6 Å². The Balaban J connectivity index is 2.21. The molecule has 2 unspecified atom stereocenters. The standard InChI is InChI=1S/C14H22N2O2S2/c1-11-9-16(10-12(2)19-11)20(17,18)14-5-3-13(4-6-14)7-8-15/h3-6,11-12H,7-10,15H2,1-2H3. The van der Waals surface area contributed by atoms with Gasteiger partial charge in [0.2, 0.25) is 10.0 Å². The van der Waals surface area contributed by atoms with Crippen LogP contribution in [0.4, 0.5) is 0 Å². The third-order valence-electron chi connectivity index (χ3n) is 3.38. The van der Waals surface area contributed by atoms with Crippen LogP contribution in [0.2, 0.25) is 0 Å². The molecule has 0 aromatic heterocycles. The summed E-state index contributed by atoms with van der Waals surface area (Å²) in [7, 11) is -3.37. The summed E-state index contributed by atoms with van der Waals surface area (Å²) in [4.78, 5) is 0.379. The van der Waals surface area contributed by atoms with Crippen LogP contribution in [0.5, 0.6) is 0 Å². The topological polar surface area (TPSA) is 63.4 Å². The Labute approximate surface area is 125 Å². The summed E-state index contributed by atoms with van der Waals surface area (Å²) in [6.07, 6.45) is 0.773. The van der Waals surface area contributed by atoms with E-state index in [0.717, 1.165) is 12.0 Å². The number of nitrogens with zero attached hydrogens (tertiary/aromatic N) is 1. The minimum absolute atomic E-state index is 0.338. The smallest absolute Gasteiger partial charge is 0.243 e. The Morgan fingerprint density at radius 2 is 1.75 bits per heavy atom. The summed E-state index contributed by atoms with van der Waals surface area (Å²) in [6, 6.07) is 7.09. The zero-order chi connectivity index (χ0) is 14.8. The fourth-order valence-corrected chi connectivity index (χ4v) is 5.60. The van der Waals surface area contributed by atoms with Crippen LogP contribution in [0.15, 0.2) is 29.2 Å². The molecule has 6 heteroatoms. The average molecular weight is 314 g/mol. The molecule has 0 saturated carbocycles. The molecule has 0 amide bonds. The second-order valence-corrected chi connectivity index (χ2v) is 9.08. The highest BCUT2D eigenvalue weighted by atomic mass is 32.2. The molecule has 2 atom stereocenters. The van der Waals surface area contributed by atoms with E-state index in [-0.39, 0.29) is 0 Å². The van der Waals surface area contributed by atoms with Crippen LogP contribution in [0.25, 0.3) is 0 Å². The first-order chi connectivity index (χ1) is 9.43. The summed E-state index contributed by atoms with van der Waals surface area (Å²) < 4.78 is 26.9. The molecule has 2 N–H and O–H groups in total. The second kappa shape index (κ2) is 6.47. The maximum absolute atomic E-state index is 12.6. The van der Waals surface area contributed by atoms with E-state index in [9.17, 15) is 8.42 Å². The van der Waals surface area contributed by atoms with Crippen molar-refractivity contribution in [1.82, 2.24) is 4.31 Å². The quantitative estimate of drug-likeness (QED) is 0.919. The molecule has 1 aliphatic rings. The maximum atomic E-state index is 12.6. The number of benzene rings is 1. The minimum atomic E-state index is -3.37. The van der Waals surface area contributed by atoms with Crippen molar-refractivity contribution in [3.8, 4) is 0 Å². The number of rotatable bonds is 4. The molecule has 0 aliphatic carbocycles. The fraction of sp³-hybridized carbons (Fsp3) is 0.571. The molecule has 1 heterocycles. The lowest BCUT2D eigenvalue weighted by Crippen LogP contribution is -2.43. The van der Waals surface area contributed by atoms with E-state index in [1.54, 1.807) is 16.4 Å². The molecular weight excluding hydrogens is 292 g/mol. The Hall–Kier alpha value is -0.560. The highest BCUT2D eigenvalue weighted by Gasteiger charge is 2.31. The lowest BCUT2D eigenvalue weighted by molar-refractivity contribution is 0.405. The lowest BCUT2D eigenvalue weighted by Gasteiger charge is -2.33. The Morgan fingerprint density at radius 3 is 2.25 bits per heavy atom. The summed E-state index contributed by atoms with van der Waals surface area (Å²) in [6.45, 7) is 5.90. The van der Waals surface area contributed by atoms with Crippen LogP contribution < -0.4 is 5.73 Å². The van der Waals surface area contributed by atoms with Gasteiger partial charge in [0.05, 0.1) is 4.90 Å². The van der Waals surface area contributed by atoms with Gasteiger partial charge < -0.3 is 5.73 Å². The zero-order valence-corrected chi connectivity index (χ0v) is 13.6. The largest absolute Gasteiger partial charge is 0.330 e. The minimum Gasteiger partial charge on any atom is -0.330 e. The van der Waals surface area contributed by atoms with Crippen LogP contribution in [0.1, 0.15) is 19.4 Å². The Bertz CT molecular complexity index is 533. The molecule has 20 heavy (non-hydrogen) atoms. The highest BCUT2D eigenvalue weighted by molar-refractivity contribution is 8.00. The van der Waals surface area contributed by atoms with Crippen LogP contribution in [0.3, 0.4) is 0 Å². The number of thioether (sulfide) groups is 1. The molecule has 1 fully saturated rings. The van der Waals surface area contributed by atoms with Gasteiger partial charge in [0.15, 0.2) is 0 Å². The van der Waals surface area contributed by atoms with Gasteiger partial charge in [0.1, 0.15) is 0 Å². The number of hydrogen-bond acceptors (Lipinski definition) is 4. The second-order valence-electron chi connectivity index (χ2n) is 5.26. The third-order valence-corrected chi connectivity index (χ3v) is 6.45. The van der Waals surface area contributed by atoms with Gasteiger partial charge in [-0.15, -0.1) is 0 Å². The normalized spacial score (nSPS) is 24.8. The van der Waals surface area contributed by atoms with Crippen molar-refractivity contribution in [1.29, 1.82) is 0 Å². The molecule has 1 aromatic rings. The molecule has 1 saturated heterocycles. The monoisotopic (exact) mass is 314 g/mol. The van der Waals surface area contributed by atoms with E-state index in [1.807, 2.05) is 23.9 Å². The Kier molecular flexibility index (Phi) is 5.12. The van der Waals surface area contributed by atoms with Crippen molar-refractivity contribution in [2.45, 2.75) is 35.7 Å². The number of hydrogen-bond donors (Lipinski definition) is 1. The van der Waals surface area contributed by atoms with Crippen LogP contribution in [-0.2, 0) is 16.4 Å². The van der Waals surface area contributed by atoms with Gasteiger partial charge in [0.25, 0.3) is 0 Å². The molecule has 112 valence electrons. The van der Waals surface area contributed by atoms with Crippen LogP contribution >= 0.6 is 11.8 Å². The molecule has 1 aliphatic heterocycles. The molecule has 1 aromatic carbocycles. The van der Waals surface area contributed by atoms with Crippen molar-refractivity contribution in [2.24, 2.45) is 5.73 Å². The van der Waals surface area contributed by atoms with Gasteiger partial charge in [-0.25, -0.2) is 8.42 Å².